The van der Waals surface area contributed by atoms with E-state index in [0.29, 0.717) is 5.54 Å². The summed E-state index contributed by atoms with van der Waals surface area (Å²) in [5.74, 6) is 1.89. The Morgan fingerprint density at radius 2 is 2.10 bits per heavy atom. The Bertz CT molecular complexity index is 446. The molecule has 1 aromatic carbocycles. The SMILES string of the molecule is CC1CC2CCCC(NC/C=C/c3ccccc3)(C1)C2. The summed E-state index contributed by atoms with van der Waals surface area (Å²) in [7, 11) is 0. The fourth-order valence-electron chi connectivity index (χ4n) is 4.46. The number of hydrogen-bond donors (Lipinski definition) is 1. The molecule has 3 rings (SSSR count). The van der Waals surface area contributed by atoms with Gasteiger partial charge >= 0.3 is 0 Å². The molecule has 0 amide bonds. The quantitative estimate of drug-likeness (QED) is 0.839. The monoisotopic (exact) mass is 269 g/mol. The molecular formula is C19H27N. The van der Waals surface area contributed by atoms with Crippen molar-refractivity contribution in [1.82, 2.24) is 5.32 Å². The molecular weight excluding hydrogens is 242 g/mol. The first-order chi connectivity index (χ1) is 9.76. The molecule has 2 fully saturated rings. The summed E-state index contributed by atoms with van der Waals surface area (Å²) in [5.41, 5.74) is 1.74. The van der Waals surface area contributed by atoms with Gasteiger partial charge in [-0.3, -0.25) is 0 Å². The van der Waals surface area contributed by atoms with E-state index in [9.17, 15) is 0 Å². The molecule has 108 valence electrons. The molecule has 1 aromatic rings. The van der Waals surface area contributed by atoms with Gasteiger partial charge in [-0.15, -0.1) is 0 Å². The lowest BCUT2D eigenvalue weighted by Gasteiger charge is -2.48. The Morgan fingerprint density at radius 3 is 2.95 bits per heavy atom. The highest BCUT2D eigenvalue weighted by Crippen LogP contribution is 2.45. The maximum absolute atomic E-state index is 3.88. The molecule has 20 heavy (non-hydrogen) atoms. The van der Waals surface area contributed by atoms with E-state index >= 15 is 0 Å². The van der Waals surface area contributed by atoms with Crippen molar-refractivity contribution in [2.45, 2.75) is 51.0 Å². The molecule has 0 radical (unpaired) electrons. The molecule has 1 heteroatoms. The third-order valence-corrected chi connectivity index (χ3v) is 5.13. The maximum Gasteiger partial charge on any atom is 0.0189 e. The third kappa shape index (κ3) is 3.32. The summed E-state index contributed by atoms with van der Waals surface area (Å²) >= 11 is 0. The van der Waals surface area contributed by atoms with E-state index in [-0.39, 0.29) is 0 Å². The van der Waals surface area contributed by atoms with Crippen LogP contribution in [-0.2, 0) is 0 Å². The predicted molar refractivity (Wildman–Crippen MR) is 86.6 cm³/mol. The van der Waals surface area contributed by atoms with Crippen LogP contribution >= 0.6 is 0 Å². The van der Waals surface area contributed by atoms with Crippen molar-refractivity contribution in [2.75, 3.05) is 6.54 Å². The first kappa shape index (κ1) is 13.9. The van der Waals surface area contributed by atoms with E-state index in [1.165, 1.54) is 44.1 Å². The molecule has 2 aliphatic rings. The topological polar surface area (TPSA) is 12.0 Å². The Kier molecular flexibility index (Phi) is 4.26. The largest absolute Gasteiger partial charge is 0.308 e. The highest BCUT2D eigenvalue weighted by atomic mass is 15.0. The van der Waals surface area contributed by atoms with Gasteiger partial charge < -0.3 is 5.32 Å². The molecule has 1 nitrogen and oxygen atoms in total. The van der Waals surface area contributed by atoms with Gasteiger partial charge in [-0.25, -0.2) is 0 Å². The highest BCUT2D eigenvalue weighted by Gasteiger charge is 2.40. The molecule has 0 saturated heterocycles. The van der Waals surface area contributed by atoms with Gasteiger partial charge in [-0.2, -0.15) is 0 Å². The van der Waals surface area contributed by atoms with Crippen LogP contribution in [-0.4, -0.2) is 12.1 Å². The summed E-state index contributed by atoms with van der Waals surface area (Å²) in [6.45, 7) is 3.45. The Labute approximate surface area is 123 Å². The van der Waals surface area contributed by atoms with Crippen LogP contribution in [0.3, 0.4) is 0 Å². The van der Waals surface area contributed by atoms with Gasteiger partial charge in [0.2, 0.25) is 0 Å². The second-order valence-electron chi connectivity index (χ2n) is 6.98. The predicted octanol–water partition coefficient (Wildman–Crippen LogP) is 4.65. The van der Waals surface area contributed by atoms with E-state index < -0.39 is 0 Å². The molecule has 2 aliphatic carbocycles. The minimum absolute atomic E-state index is 0.446. The molecule has 0 aliphatic heterocycles. The van der Waals surface area contributed by atoms with E-state index in [0.717, 1.165) is 18.4 Å². The first-order valence-corrected chi connectivity index (χ1v) is 8.22. The Balaban J connectivity index is 1.56. The van der Waals surface area contributed by atoms with E-state index in [4.69, 9.17) is 0 Å². The van der Waals surface area contributed by atoms with E-state index in [1.807, 2.05) is 0 Å². The summed E-state index contributed by atoms with van der Waals surface area (Å²) < 4.78 is 0. The summed E-state index contributed by atoms with van der Waals surface area (Å²) in [6, 6.07) is 10.6. The lowest BCUT2D eigenvalue weighted by atomic mass is 9.64. The zero-order valence-electron chi connectivity index (χ0n) is 12.6. The van der Waals surface area contributed by atoms with Crippen molar-refractivity contribution < 1.29 is 0 Å². The third-order valence-electron chi connectivity index (χ3n) is 5.13. The van der Waals surface area contributed by atoms with Crippen LogP contribution in [0.2, 0.25) is 0 Å². The Morgan fingerprint density at radius 1 is 1.25 bits per heavy atom. The van der Waals surface area contributed by atoms with Gasteiger partial charge in [-0.1, -0.05) is 62.2 Å². The van der Waals surface area contributed by atoms with Crippen molar-refractivity contribution in [3.05, 3.63) is 42.0 Å². The van der Waals surface area contributed by atoms with Crippen LogP contribution in [0.1, 0.15) is 51.0 Å². The minimum atomic E-state index is 0.446. The van der Waals surface area contributed by atoms with Gasteiger partial charge in [0.1, 0.15) is 0 Å². The summed E-state index contributed by atoms with van der Waals surface area (Å²) in [6.07, 6.45) is 13.0. The fourth-order valence-corrected chi connectivity index (χ4v) is 4.46. The molecule has 0 heterocycles. The van der Waals surface area contributed by atoms with E-state index in [2.05, 4.69) is 54.7 Å². The van der Waals surface area contributed by atoms with Crippen molar-refractivity contribution in [3.63, 3.8) is 0 Å². The van der Waals surface area contributed by atoms with Crippen LogP contribution in [0, 0.1) is 11.8 Å². The number of rotatable bonds is 4. The molecule has 3 atom stereocenters. The van der Waals surface area contributed by atoms with Crippen LogP contribution in [0.25, 0.3) is 6.08 Å². The van der Waals surface area contributed by atoms with Crippen LogP contribution in [0.4, 0.5) is 0 Å². The summed E-state index contributed by atoms with van der Waals surface area (Å²) in [4.78, 5) is 0. The van der Waals surface area contributed by atoms with Crippen molar-refractivity contribution in [3.8, 4) is 0 Å². The second-order valence-corrected chi connectivity index (χ2v) is 6.98. The van der Waals surface area contributed by atoms with Gasteiger partial charge in [0.05, 0.1) is 0 Å². The summed E-state index contributed by atoms with van der Waals surface area (Å²) in [5, 5.41) is 3.88. The van der Waals surface area contributed by atoms with E-state index in [1.54, 1.807) is 0 Å². The molecule has 2 saturated carbocycles. The normalized spacial score (nSPS) is 33.5. The molecule has 2 bridgehead atoms. The molecule has 3 unspecified atom stereocenters. The number of hydrogen-bond acceptors (Lipinski definition) is 1. The zero-order chi connectivity index (χ0) is 13.8. The lowest BCUT2D eigenvalue weighted by molar-refractivity contribution is 0.0872. The first-order valence-electron chi connectivity index (χ1n) is 8.22. The van der Waals surface area contributed by atoms with Crippen LogP contribution in [0.15, 0.2) is 36.4 Å². The van der Waals surface area contributed by atoms with Gasteiger partial charge in [0, 0.05) is 12.1 Å². The maximum atomic E-state index is 3.88. The second kappa shape index (κ2) is 6.13. The molecule has 0 aromatic heterocycles. The van der Waals surface area contributed by atoms with Crippen molar-refractivity contribution in [1.29, 1.82) is 0 Å². The van der Waals surface area contributed by atoms with Crippen LogP contribution < -0.4 is 5.32 Å². The number of fused-ring (bicyclic) bond motifs is 2. The van der Waals surface area contributed by atoms with Gasteiger partial charge in [0.25, 0.3) is 0 Å². The van der Waals surface area contributed by atoms with Crippen molar-refractivity contribution in [2.24, 2.45) is 11.8 Å². The molecule has 1 N–H and O–H groups in total. The highest BCUT2D eigenvalue weighted by molar-refractivity contribution is 5.48. The van der Waals surface area contributed by atoms with Crippen molar-refractivity contribution >= 4 is 6.08 Å². The lowest BCUT2D eigenvalue weighted by Crippen LogP contribution is -2.52. The number of benzene rings is 1. The average molecular weight is 269 g/mol. The Hall–Kier alpha value is -1.08. The average Bonchev–Trinajstić information content (AvgIpc) is 2.44. The smallest absolute Gasteiger partial charge is 0.0189 e. The molecule has 0 spiro atoms. The van der Waals surface area contributed by atoms with Gasteiger partial charge in [0.15, 0.2) is 0 Å². The standard InChI is InChI=1S/C19H27N/c1-16-13-18-9-5-11-19(14-16,15-18)20-12-6-10-17-7-3-2-4-8-17/h2-4,6-8,10,16,18,20H,5,9,11-15H2,1H3/b10-6+. The minimum Gasteiger partial charge on any atom is -0.308 e. The van der Waals surface area contributed by atoms with Crippen LogP contribution in [0.5, 0.6) is 0 Å². The zero-order valence-corrected chi connectivity index (χ0v) is 12.6. The van der Waals surface area contributed by atoms with Gasteiger partial charge in [-0.05, 0) is 43.1 Å². The fraction of sp³-hybridized carbons (Fsp3) is 0.579. The number of nitrogens with one attached hydrogen (secondary N) is 1.